The zero-order valence-electron chi connectivity index (χ0n) is 65.3. The van der Waals surface area contributed by atoms with Crippen LogP contribution in [0.5, 0.6) is 23.0 Å². The first-order valence-electron chi connectivity index (χ1n) is 37.5. The number of benzene rings is 5. The number of aliphatic hydroxyl groups excluding tert-OH is 2. The van der Waals surface area contributed by atoms with Crippen molar-refractivity contribution in [3.8, 4) is 23.0 Å². The van der Waals surface area contributed by atoms with Gasteiger partial charge in [0.25, 0.3) is 5.91 Å². The topological polar surface area (TPSA) is 649 Å². The number of esters is 2. The van der Waals surface area contributed by atoms with Crippen molar-refractivity contribution >= 4 is 112 Å². The SMILES string of the molecule is CC[C@H](C)[C@H](NC(=O)[C@H](CC(=O)O)NC(=O)[C@H](Cc1ccc(O)cc1)NC(=O)COc1ccccc1NC(=O)[C@@H](Cc1ccccc1)NC(=O)[C@@H]1CCCN1C(=O)C(=O)OC(C)=O)C(=O)N[C@@H](CC(N)=O)C(=O)N[C@@H](Cc1ccc(O)cc1)C(=O)N[C@@H](Cc1ccc(O)cc1)C(=O)N[C@H](C(=O)N[C@@H](CO)C(=O)N[C@@H](CCC(=O)O)C(=O)O)[C@@H](C)O. The predicted octanol–water partition coefficient (Wildman–Crippen LogP) is -3.26. The summed E-state index contributed by atoms with van der Waals surface area (Å²) in [6.45, 7) is 2.79. The van der Waals surface area contributed by atoms with Gasteiger partial charge in [0.05, 0.1) is 31.2 Å². The number of rotatable bonds is 44. The van der Waals surface area contributed by atoms with E-state index < -0.39 is 243 Å². The van der Waals surface area contributed by atoms with E-state index in [1.165, 1.54) is 104 Å². The Morgan fingerprint density at radius 2 is 0.908 bits per heavy atom. The molecule has 41 heteroatoms. The number of carbonyl (C=O) groups is 18. The zero-order valence-corrected chi connectivity index (χ0v) is 65.3. The minimum atomic E-state index is -2.08. The van der Waals surface area contributed by atoms with Gasteiger partial charge in [-0.25, -0.2) is 9.59 Å². The van der Waals surface area contributed by atoms with Crippen LogP contribution < -0.4 is 69.0 Å². The normalized spacial score (nSPS) is 15.2. The van der Waals surface area contributed by atoms with Crippen LogP contribution in [0.15, 0.2) is 127 Å². The molecule has 5 aromatic rings. The third kappa shape index (κ3) is 30.2. The number of aliphatic carboxylic acids is 3. The molecule has 1 saturated heterocycles. The number of carboxylic acids is 3. The van der Waals surface area contributed by atoms with Gasteiger partial charge in [-0.1, -0.05) is 99.1 Å². The average Bonchev–Trinajstić information content (AvgIpc) is 1.30. The molecule has 0 spiro atoms. The highest BCUT2D eigenvalue weighted by Gasteiger charge is 2.42. The number of primary amides is 1. The monoisotopic (exact) mass is 1670 g/mol. The van der Waals surface area contributed by atoms with E-state index >= 15 is 0 Å². The van der Waals surface area contributed by atoms with Crippen LogP contribution in [0.1, 0.15) is 94.9 Å². The standard InChI is InChI=1S/C79H95N13O28/c1-5-40(2)65(75(113)88-56(36-61(80)99)70(108)84-53(34-45-19-25-48(97)26-20-45)69(107)85-55(35-46-21-27-49(98)28-22-46)71(109)91-66(41(3)94)76(114)89-58(38-93)73(111)83-51(78(116)117)29-30-63(101)102)90-72(110)57(37-64(103)104)86-67(105)52(33-44-17-23-47(96)24-18-44)81-62(100)39-119-60-16-10-9-14-50(60)82-68(106)54(32-43-12-7-6-8-13-43)87-74(112)59-15-11-31-92(59)77(115)79(118)120-42(4)95/h6-10,12-14,16-28,40-41,51-59,65-66,93-94,96-98H,5,11,15,29-39H2,1-4H3,(H2,80,99)(H,81,100)(H,82,106)(H,83,111)(H,84,108)(H,85,107)(H,86,105)(H,87,112)(H,88,113)(H,89,114)(H,90,110)(H,91,109)(H,101,102)(H,103,104)(H,116,117)/t40-,41+,51-,52-,53-,54+,55-,56-,57-,58-,59-,65-,66-/m0/s1. The van der Waals surface area contributed by atoms with E-state index in [1.54, 1.807) is 37.3 Å². The van der Waals surface area contributed by atoms with E-state index in [1.807, 2.05) is 5.32 Å². The molecule has 1 aliphatic heterocycles. The number of carboxylic acid groups (broad SMARTS) is 3. The molecule has 120 heavy (non-hydrogen) atoms. The molecule has 0 radical (unpaired) electrons. The molecule has 0 aromatic heterocycles. The van der Waals surface area contributed by atoms with Gasteiger partial charge in [0.2, 0.25) is 65.0 Å². The van der Waals surface area contributed by atoms with Crippen LogP contribution >= 0.6 is 0 Å². The van der Waals surface area contributed by atoms with Crippen molar-refractivity contribution in [1.29, 1.82) is 0 Å². The largest absolute Gasteiger partial charge is 0.508 e. The number of para-hydroxylation sites is 2. The number of hydrogen-bond donors (Lipinski definition) is 20. The Morgan fingerprint density at radius 1 is 0.483 bits per heavy atom. The minimum absolute atomic E-state index is 0.0429. The van der Waals surface area contributed by atoms with Gasteiger partial charge in [0.15, 0.2) is 6.61 Å². The number of phenols is 3. The number of carbonyl (C=O) groups excluding carboxylic acids is 15. The molecule has 21 N–H and O–H groups in total. The van der Waals surface area contributed by atoms with E-state index in [2.05, 4.69) is 57.9 Å². The Kier molecular flexibility index (Phi) is 36.3. The van der Waals surface area contributed by atoms with E-state index in [-0.39, 0.29) is 77.6 Å². The van der Waals surface area contributed by atoms with Gasteiger partial charge in [-0.15, -0.1) is 0 Å². The second-order valence-electron chi connectivity index (χ2n) is 28.0. The Balaban J connectivity index is 1.21. The summed E-state index contributed by atoms with van der Waals surface area (Å²) >= 11 is 0. The van der Waals surface area contributed by atoms with E-state index in [4.69, 9.17) is 15.6 Å². The van der Waals surface area contributed by atoms with Crippen LogP contribution in [0.4, 0.5) is 5.69 Å². The number of nitrogens with zero attached hydrogens (tertiary/aromatic N) is 1. The van der Waals surface area contributed by atoms with E-state index in [9.17, 15) is 122 Å². The summed E-state index contributed by atoms with van der Waals surface area (Å²) in [6.07, 6.45) is -6.49. The van der Waals surface area contributed by atoms with Crippen LogP contribution in [0, 0.1) is 5.92 Å². The van der Waals surface area contributed by atoms with Crippen molar-refractivity contribution in [2.24, 2.45) is 11.7 Å². The fraction of sp³-hybridized carbons (Fsp3) is 0.392. The van der Waals surface area contributed by atoms with Gasteiger partial charge in [-0.05, 0) is 103 Å². The lowest BCUT2D eigenvalue weighted by molar-refractivity contribution is -0.167. The van der Waals surface area contributed by atoms with Gasteiger partial charge in [0, 0.05) is 45.6 Å². The van der Waals surface area contributed by atoms with Crippen molar-refractivity contribution in [2.45, 2.75) is 171 Å². The molecule has 0 unspecified atom stereocenters. The van der Waals surface area contributed by atoms with Crippen molar-refractivity contribution in [3.63, 3.8) is 0 Å². The Hall–Kier alpha value is -14.1. The molecule has 13 amide bonds. The summed E-state index contributed by atoms with van der Waals surface area (Å²) < 4.78 is 10.3. The lowest BCUT2D eigenvalue weighted by Crippen LogP contribution is -2.63. The third-order valence-electron chi connectivity index (χ3n) is 18.7. The summed E-state index contributed by atoms with van der Waals surface area (Å²) in [4.78, 5) is 243. The first-order chi connectivity index (χ1) is 56.8. The van der Waals surface area contributed by atoms with Gasteiger partial charge in [0.1, 0.15) is 89.5 Å². The second-order valence-corrected chi connectivity index (χ2v) is 28.0. The minimum Gasteiger partial charge on any atom is -0.508 e. The highest BCUT2D eigenvalue weighted by atomic mass is 16.6. The first kappa shape index (κ1) is 94.7. The molecule has 41 nitrogen and oxygen atoms in total. The molecule has 644 valence electrons. The van der Waals surface area contributed by atoms with Crippen molar-refractivity contribution in [1.82, 2.24) is 58.1 Å². The Labute approximate surface area is 684 Å². The fourth-order valence-corrected chi connectivity index (χ4v) is 12.2. The quantitative estimate of drug-likeness (QED) is 0.0103. The number of hydrogen-bond acceptors (Lipinski definition) is 25. The number of anilines is 1. The van der Waals surface area contributed by atoms with Crippen LogP contribution in [0.3, 0.4) is 0 Å². The number of phenolic OH excluding ortho intramolecular Hbond substituents is 3. The van der Waals surface area contributed by atoms with Crippen LogP contribution in [0.2, 0.25) is 0 Å². The summed E-state index contributed by atoms with van der Waals surface area (Å²) in [6, 6.07) is 9.83. The number of aliphatic hydroxyl groups is 2. The summed E-state index contributed by atoms with van der Waals surface area (Å²) in [5.41, 5.74) is 6.88. The predicted molar refractivity (Wildman–Crippen MR) is 416 cm³/mol. The van der Waals surface area contributed by atoms with E-state index in [0.29, 0.717) is 5.56 Å². The van der Waals surface area contributed by atoms with Crippen LogP contribution in [-0.2, 0) is 117 Å². The van der Waals surface area contributed by atoms with Crippen LogP contribution in [-0.4, -0.2) is 245 Å². The van der Waals surface area contributed by atoms with Gasteiger partial charge in [-0.3, -0.25) is 76.7 Å². The number of likely N-dealkylation sites (tertiary alicyclic amines) is 1. The molecule has 1 heterocycles. The van der Waals surface area contributed by atoms with Crippen molar-refractivity contribution in [3.05, 3.63) is 150 Å². The molecular weight excluding hydrogens is 1580 g/mol. The lowest BCUT2D eigenvalue weighted by atomic mass is 9.96. The zero-order chi connectivity index (χ0) is 88.6. The van der Waals surface area contributed by atoms with Crippen LogP contribution in [0.25, 0.3) is 0 Å². The average molecular weight is 1670 g/mol. The lowest BCUT2D eigenvalue weighted by Gasteiger charge is -2.29. The third-order valence-corrected chi connectivity index (χ3v) is 18.7. The Morgan fingerprint density at radius 3 is 1.40 bits per heavy atom. The molecule has 0 bridgehead atoms. The van der Waals surface area contributed by atoms with Gasteiger partial charge >= 0.3 is 35.8 Å². The number of aromatic hydroxyl groups is 3. The molecule has 5 aromatic carbocycles. The first-order valence-corrected chi connectivity index (χ1v) is 37.5. The fourth-order valence-electron chi connectivity index (χ4n) is 12.2. The molecule has 6 rings (SSSR count). The molecular formula is C79H95N13O28. The van der Waals surface area contributed by atoms with Gasteiger partial charge < -0.3 is 119 Å². The number of ether oxygens (including phenoxy) is 2. The van der Waals surface area contributed by atoms with Crippen molar-refractivity contribution in [2.75, 3.05) is 25.1 Å². The van der Waals surface area contributed by atoms with E-state index in [0.717, 1.165) is 18.7 Å². The molecule has 0 aliphatic carbocycles. The summed E-state index contributed by atoms with van der Waals surface area (Å²) in [5, 5.41) is 106. The highest BCUT2D eigenvalue weighted by Crippen LogP contribution is 2.26. The molecule has 13 atom stereocenters. The highest BCUT2D eigenvalue weighted by molar-refractivity contribution is 6.34. The maximum atomic E-state index is 14.8. The smallest absolute Gasteiger partial charge is 0.404 e. The molecule has 1 aliphatic rings. The second kappa shape index (κ2) is 46.0. The molecule has 1 fully saturated rings. The van der Waals surface area contributed by atoms with Crippen molar-refractivity contribution < 1.29 is 137 Å². The van der Waals surface area contributed by atoms with Gasteiger partial charge in [-0.2, -0.15) is 0 Å². The number of nitrogens with one attached hydrogen (secondary N) is 11. The summed E-state index contributed by atoms with van der Waals surface area (Å²) in [7, 11) is 0. The summed E-state index contributed by atoms with van der Waals surface area (Å²) in [5.74, 6) is -24.5. The number of nitrogens with two attached hydrogens (primary N) is 1. The number of amides is 13. The Bertz CT molecular complexity index is 4530. The maximum Gasteiger partial charge on any atom is 0.404 e. The molecule has 0 saturated carbocycles. The maximum absolute atomic E-state index is 14.8.